The van der Waals surface area contributed by atoms with Gasteiger partial charge in [0.2, 0.25) is 5.95 Å². The Kier molecular flexibility index (Phi) is 6.78. The van der Waals surface area contributed by atoms with Gasteiger partial charge >= 0.3 is 12.1 Å². The van der Waals surface area contributed by atoms with Gasteiger partial charge in [-0.1, -0.05) is 17.7 Å². The summed E-state index contributed by atoms with van der Waals surface area (Å²) in [5, 5.41) is 3.87. The van der Waals surface area contributed by atoms with Crippen molar-refractivity contribution >= 4 is 45.8 Å². The summed E-state index contributed by atoms with van der Waals surface area (Å²) in [7, 11) is 1.24. The van der Waals surface area contributed by atoms with E-state index in [4.69, 9.17) is 26.1 Å². The predicted octanol–water partition coefficient (Wildman–Crippen LogP) is 5.05. The number of aromatic nitrogens is 4. The van der Waals surface area contributed by atoms with Crippen molar-refractivity contribution in [2.75, 3.05) is 43.6 Å². The average molecular weight is 549 g/mol. The van der Waals surface area contributed by atoms with Gasteiger partial charge in [0, 0.05) is 30.2 Å². The maximum Gasteiger partial charge on any atom is 0.434 e. The van der Waals surface area contributed by atoms with Gasteiger partial charge < -0.3 is 19.7 Å². The molecule has 0 radical (unpaired) electrons. The van der Waals surface area contributed by atoms with E-state index in [0.717, 1.165) is 11.8 Å². The number of fused-ring (bicyclic) bond motifs is 3. The quantitative estimate of drug-likeness (QED) is 0.273. The first-order chi connectivity index (χ1) is 18.1. The van der Waals surface area contributed by atoms with E-state index >= 15 is 0 Å². The molecule has 38 heavy (non-hydrogen) atoms. The number of benzene rings is 1. The van der Waals surface area contributed by atoms with Gasteiger partial charge in [0.15, 0.2) is 11.4 Å². The number of anilines is 2. The SMILES string of the molecule is COC(=O)c1nc(Cl)ccc1N[C@H](C)c1cc(C)cc2c1nc(N1CCOCC1)n1cc(C(F)(F)F)nc21. The lowest BCUT2D eigenvalue weighted by molar-refractivity contribution is -0.140. The molecular weight excluding hydrogens is 525 g/mol. The van der Waals surface area contributed by atoms with Crippen LogP contribution in [0.5, 0.6) is 0 Å². The molecule has 4 heterocycles. The van der Waals surface area contributed by atoms with Crippen molar-refractivity contribution in [2.45, 2.75) is 26.1 Å². The highest BCUT2D eigenvalue weighted by Gasteiger charge is 2.35. The highest BCUT2D eigenvalue weighted by Crippen LogP contribution is 2.35. The van der Waals surface area contributed by atoms with Gasteiger partial charge in [0.05, 0.1) is 37.6 Å². The average Bonchev–Trinajstić information content (AvgIpc) is 3.35. The molecule has 1 N–H and O–H groups in total. The van der Waals surface area contributed by atoms with Crippen molar-refractivity contribution in [1.29, 1.82) is 0 Å². The zero-order valence-electron chi connectivity index (χ0n) is 20.8. The third-order valence-corrected chi connectivity index (χ3v) is 6.53. The van der Waals surface area contributed by atoms with Crippen LogP contribution >= 0.6 is 11.6 Å². The van der Waals surface area contributed by atoms with Crippen LogP contribution in [0.25, 0.3) is 16.6 Å². The summed E-state index contributed by atoms with van der Waals surface area (Å²) in [4.78, 5) is 27.1. The predicted molar refractivity (Wildman–Crippen MR) is 136 cm³/mol. The third kappa shape index (κ3) is 4.81. The third-order valence-electron chi connectivity index (χ3n) is 6.32. The van der Waals surface area contributed by atoms with Crippen LogP contribution in [-0.4, -0.2) is 58.7 Å². The number of nitrogens with one attached hydrogen (secondary N) is 1. The van der Waals surface area contributed by atoms with Gasteiger partial charge in [0.25, 0.3) is 0 Å². The number of alkyl halides is 3. The molecule has 0 aliphatic carbocycles. The second-order valence-corrected chi connectivity index (χ2v) is 9.35. The summed E-state index contributed by atoms with van der Waals surface area (Å²) in [6.07, 6.45) is -3.63. The number of aryl methyl sites for hydroxylation is 1. The largest absolute Gasteiger partial charge is 0.464 e. The minimum atomic E-state index is -4.62. The van der Waals surface area contributed by atoms with E-state index in [9.17, 15) is 18.0 Å². The molecule has 4 aromatic rings. The number of pyridine rings is 1. The van der Waals surface area contributed by atoms with Gasteiger partial charge in [-0.15, -0.1) is 0 Å². The summed E-state index contributed by atoms with van der Waals surface area (Å²) in [6, 6.07) is 6.40. The standard InChI is InChI=1S/C25H24ClF3N6O3/c1-13-10-15(14(2)30-17-4-5-19(26)32-21(17)23(36)37-3)20-16(11-13)22-31-18(25(27,28)29)12-35(22)24(33-20)34-6-8-38-9-7-34/h4-5,10-12,14,30H,6-9H2,1-3H3/t14-/m1/s1. The fourth-order valence-electron chi connectivity index (χ4n) is 4.55. The normalized spacial score (nSPS) is 15.2. The minimum Gasteiger partial charge on any atom is -0.464 e. The number of esters is 1. The summed E-state index contributed by atoms with van der Waals surface area (Å²) in [5.74, 6) is -0.317. The number of rotatable bonds is 5. The van der Waals surface area contributed by atoms with Gasteiger partial charge in [0.1, 0.15) is 10.8 Å². The first-order valence-corrected chi connectivity index (χ1v) is 12.2. The van der Waals surface area contributed by atoms with Gasteiger partial charge in [-0.05, 0) is 37.6 Å². The number of ether oxygens (including phenoxy) is 2. The number of imidazole rings is 1. The molecule has 1 aliphatic heterocycles. The molecule has 0 bridgehead atoms. The number of halogens is 4. The van der Waals surface area contributed by atoms with Crippen molar-refractivity contribution < 1.29 is 27.4 Å². The molecule has 1 aliphatic rings. The highest BCUT2D eigenvalue weighted by atomic mass is 35.5. The first-order valence-electron chi connectivity index (χ1n) is 11.8. The zero-order valence-corrected chi connectivity index (χ0v) is 21.5. The monoisotopic (exact) mass is 548 g/mol. The lowest BCUT2D eigenvalue weighted by Gasteiger charge is -2.29. The summed E-state index contributed by atoms with van der Waals surface area (Å²) < 4.78 is 52.8. The van der Waals surface area contributed by atoms with E-state index in [0.29, 0.717) is 54.4 Å². The minimum absolute atomic E-state index is 0.0104. The van der Waals surface area contributed by atoms with E-state index in [-0.39, 0.29) is 16.5 Å². The summed E-state index contributed by atoms with van der Waals surface area (Å²) in [6.45, 7) is 5.51. The molecule has 0 saturated carbocycles. The van der Waals surface area contributed by atoms with E-state index in [1.54, 1.807) is 18.2 Å². The molecule has 0 spiro atoms. The number of nitrogens with zero attached hydrogens (tertiary/aromatic N) is 5. The maximum atomic E-state index is 13.7. The Labute approximate surface area is 220 Å². The Morgan fingerprint density at radius 3 is 2.61 bits per heavy atom. The lowest BCUT2D eigenvalue weighted by Crippen LogP contribution is -2.38. The van der Waals surface area contributed by atoms with Crippen LogP contribution in [0.15, 0.2) is 30.5 Å². The van der Waals surface area contributed by atoms with Crippen LogP contribution in [0.2, 0.25) is 5.15 Å². The molecule has 1 fully saturated rings. The van der Waals surface area contributed by atoms with E-state index < -0.39 is 23.9 Å². The number of carbonyl (C=O) groups is 1. The van der Waals surface area contributed by atoms with Crippen LogP contribution in [0.4, 0.5) is 24.8 Å². The topological polar surface area (TPSA) is 93.9 Å². The highest BCUT2D eigenvalue weighted by molar-refractivity contribution is 6.29. The van der Waals surface area contributed by atoms with Crippen LogP contribution in [0.3, 0.4) is 0 Å². The molecule has 5 rings (SSSR count). The number of hydrogen-bond donors (Lipinski definition) is 1. The van der Waals surface area contributed by atoms with Crippen molar-refractivity contribution in [3.8, 4) is 0 Å². The Bertz CT molecular complexity index is 1530. The van der Waals surface area contributed by atoms with E-state index in [2.05, 4.69) is 15.3 Å². The smallest absolute Gasteiger partial charge is 0.434 e. The number of morpholine rings is 1. The Balaban J connectivity index is 1.69. The number of hydrogen-bond acceptors (Lipinski definition) is 8. The van der Waals surface area contributed by atoms with Crippen molar-refractivity contribution in [3.05, 3.63) is 58.1 Å². The van der Waals surface area contributed by atoms with Gasteiger partial charge in [-0.2, -0.15) is 13.2 Å². The van der Waals surface area contributed by atoms with Crippen LogP contribution < -0.4 is 10.2 Å². The van der Waals surface area contributed by atoms with Crippen LogP contribution in [0.1, 0.15) is 40.3 Å². The molecule has 0 amide bonds. The molecular formula is C25H24ClF3N6O3. The molecule has 200 valence electrons. The van der Waals surface area contributed by atoms with Crippen molar-refractivity contribution in [3.63, 3.8) is 0 Å². The fraction of sp³-hybridized carbons (Fsp3) is 0.360. The van der Waals surface area contributed by atoms with Gasteiger partial charge in [-0.25, -0.2) is 19.7 Å². The lowest BCUT2D eigenvalue weighted by atomic mass is 10.0. The van der Waals surface area contributed by atoms with Crippen molar-refractivity contribution in [1.82, 2.24) is 19.4 Å². The molecule has 1 saturated heterocycles. The Morgan fingerprint density at radius 1 is 1.18 bits per heavy atom. The van der Waals surface area contributed by atoms with Gasteiger partial charge in [-0.3, -0.25) is 4.40 Å². The van der Waals surface area contributed by atoms with Crippen molar-refractivity contribution in [2.24, 2.45) is 0 Å². The van der Waals surface area contributed by atoms with Crippen LogP contribution in [0, 0.1) is 6.92 Å². The molecule has 13 heteroatoms. The maximum absolute atomic E-state index is 13.7. The Morgan fingerprint density at radius 2 is 1.92 bits per heavy atom. The summed E-state index contributed by atoms with van der Waals surface area (Å²) in [5.41, 5.74) is 1.57. The zero-order chi connectivity index (χ0) is 27.2. The summed E-state index contributed by atoms with van der Waals surface area (Å²) >= 11 is 5.99. The van der Waals surface area contributed by atoms with E-state index in [1.807, 2.05) is 24.8 Å². The van der Waals surface area contributed by atoms with E-state index in [1.165, 1.54) is 11.5 Å². The Hall–Kier alpha value is -3.64. The molecule has 0 unspecified atom stereocenters. The number of carbonyl (C=O) groups excluding carboxylic acids is 1. The molecule has 9 nitrogen and oxygen atoms in total. The molecule has 1 aromatic carbocycles. The molecule has 1 atom stereocenters. The molecule has 3 aromatic heterocycles. The first kappa shape index (κ1) is 26.0. The fourth-order valence-corrected chi connectivity index (χ4v) is 4.69. The second kappa shape index (κ2) is 9.91. The van der Waals surface area contributed by atoms with Crippen LogP contribution in [-0.2, 0) is 15.7 Å². The second-order valence-electron chi connectivity index (χ2n) is 8.97. The number of methoxy groups -OCH3 is 1.